The molecular formula is C19H25NO4S. The van der Waals surface area contributed by atoms with Crippen molar-refractivity contribution in [3.05, 3.63) is 29.8 Å². The number of esters is 1. The van der Waals surface area contributed by atoms with Crippen LogP contribution in [0.5, 0.6) is 0 Å². The van der Waals surface area contributed by atoms with E-state index in [1.807, 2.05) is 0 Å². The highest BCUT2D eigenvalue weighted by Gasteiger charge is 2.52. The Morgan fingerprint density at radius 3 is 2.08 bits per heavy atom. The molecule has 4 saturated carbocycles. The van der Waals surface area contributed by atoms with Crippen LogP contribution in [0.1, 0.15) is 55.8 Å². The van der Waals surface area contributed by atoms with Gasteiger partial charge in [-0.05, 0) is 87.5 Å². The molecule has 4 aliphatic carbocycles. The van der Waals surface area contributed by atoms with E-state index in [9.17, 15) is 13.2 Å². The highest BCUT2D eigenvalue weighted by molar-refractivity contribution is 7.89. The molecule has 1 aromatic carbocycles. The lowest BCUT2D eigenvalue weighted by Gasteiger charge is -2.56. The molecule has 0 heterocycles. The largest absolute Gasteiger partial charge is 0.462 e. The molecule has 0 amide bonds. The lowest BCUT2D eigenvalue weighted by molar-refractivity contribution is -0.00810. The minimum Gasteiger partial charge on any atom is -0.462 e. The van der Waals surface area contributed by atoms with Crippen molar-refractivity contribution in [1.82, 2.24) is 4.72 Å². The van der Waals surface area contributed by atoms with Crippen molar-refractivity contribution in [2.24, 2.45) is 17.8 Å². The third-order valence-electron chi connectivity index (χ3n) is 6.06. The number of benzene rings is 1. The Labute approximate surface area is 149 Å². The van der Waals surface area contributed by atoms with Gasteiger partial charge in [-0.25, -0.2) is 17.9 Å². The maximum Gasteiger partial charge on any atom is 0.338 e. The second-order valence-electron chi connectivity index (χ2n) is 8.05. The van der Waals surface area contributed by atoms with Gasteiger partial charge >= 0.3 is 5.97 Å². The fourth-order valence-electron chi connectivity index (χ4n) is 5.56. The van der Waals surface area contributed by atoms with Gasteiger partial charge in [-0.15, -0.1) is 0 Å². The molecule has 0 spiro atoms. The van der Waals surface area contributed by atoms with E-state index < -0.39 is 16.0 Å². The summed E-state index contributed by atoms with van der Waals surface area (Å²) in [4.78, 5) is 11.9. The molecule has 4 fully saturated rings. The van der Waals surface area contributed by atoms with Crippen LogP contribution in [0.4, 0.5) is 0 Å². The number of carbonyl (C=O) groups is 1. The molecule has 5 rings (SSSR count). The fourth-order valence-corrected chi connectivity index (χ4v) is 7.00. The second kappa shape index (κ2) is 6.09. The van der Waals surface area contributed by atoms with Crippen LogP contribution in [0.3, 0.4) is 0 Å². The summed E-state index contributed by atoms with van der Waals surface area (Å²) in [6, 6.07) is 6.03. The molecular weight excluding hydrogens is 338 g/mol. The van der Waals surface area contributed by atoms with E-state index in [1.165, 1.54) is 43.5 Å². The Morgan fingerprint density at radius 2 is 1.60 bits per heavy atom. The van der Waals surface area contributed by atoms with Crippen LogP contribution in [0.25, 0.3) is 0 Å². The van der Waals surface area contributed by atoms with E-state index in [2.05, 4.69) is 4.72 Å². The van der Waals surface area contributed by atoms with Crippen molar-refractivity contribution < 1.29 is 17.9 Å². The first-order chi connectivity index (χ1) is 11.9. The molecule has 0 saturated heterocycles. The molecule has 0 atom stereocenters. The molecule has 25 heavy (non-hydrogen) atoms. The quantitative estimate of drug-likeness (QED) is 0.816. The lowest BCUT2D eigenvalue weighted by atomic mass is 9.53. The zero-order valence-corrected chi connectivity index (χ0v) is 15.3. The van der Waals surface area contributed by atoms with Crippen molar-refractivity contribution in [2.75, 3.05) is 6.61 Å². The van der Waals surface area contributed by atoms with E-state index in [4.69, 9.17) is 4.74 Å². The van der Waals surface area contributed by atoms with E-state index in [-0.39, 0.29) is 10.4 Å². The van der Waals surface area contributed by atoms with Crippen molar-refractivity contribution in [1.29, 1.82) is 0 Å². The summed E-state index contributed by atoms with van der Waals surface area (Å²) >= 11 is 0. The molecule has 0 aliphatic heterocycles. The molecule has 4 aliphatic rings. The molecule has 0 aromatic heterocycles. The summed E-state index contributed by atoms with van der Waals surface area (Å²) in [5.74, 6) is 1.61. The number of hydrogen-bond donors (Lipinski definition) is 1. The molecule has 6 heteroatoms. The first-order valence-corrected chi connectivity index (χ1v) is 10.7. The molecule has 5 nitrogen and oxygen atoms in total. The second-order valence-corrected chi connectivity index (χ2v) is 9.73. The maximum atomic E-state index is 12.9. The Balaban J connectivity index is 1.53. The Morgan fingerprint density at radius 1 is 1.08 bits per heavy atom. The number of carbonyl (C=O) groups excluding carboxylic acids is 1. The number of ether oxygens (including phenoxy) is 1. The van der Waals surface area contributed by atoms with Crippen LogP contribution in [0, 0.1) is 17.8 Å². The summed E-state index contributed by atoms with van der Waals surface area (Å²) in [5, 5.41) is 0. The van der Waals surface area contributed by atoms with E-state index >= 15 is 0 Å². The van der Waals surface area contributed by atoms with Crippen LogP contribution in [0.15, 0.2) is 29.2 Å². The molecule has 0 unspecified atom stereocenters. The number of sulfonamides is 1. The average Bonchev–Trinajstić information content (AvgIpc) is 2.53. The summed E-state index contributed by atoms with van der Waals surface area (Å²) < 4.78 is 33.8. The predicted molar refractivity (Wildman–Crippen MR) is 93.6 cm³/mol. The minimum atomic E-state index is -3.58. The average molecular weight is 363 g/mol. The first kappa shape index (κ1) is 17.0. The SMILES string of the molecule is CCOC(=O)c1ccc(S(=O)(=O)N[C@]23C[C@H]4C[C@H](C[C@H](C4)C2)C3)cc1. The summed E-state index contributed by atoms with van der Waals surface area (Å²) in [7, 11) is -3.58. The van der Waals surface area contributed by atoms with Crippen LogP contribution < -0.4 is 4.72 Å². The molecule has 1 aromatic rings. The zero-order chi connectivity index (χ0) is 17.7. The topological polar surface area (TPSA) is 72.5 Å². The highest BCUT2D eigenvalue weighted by Crippen LogP contribution is 2.55. The van der Waals surface area contributed by atoms with Gasteiger partial charge < -0.3 is 4.74 Å². The van der Waals surface area contributed by atoms with Crippen LogP contribution in [0.2, 0.25) is 0 Å². The standard InChI is InChI=1S/C19H25NO4S/c1-2-24-18(21)16-3-5-17(6-4-16)25(22,23)20-19-10-13-7-14(11-19)9-15(8-13)12-19/h3-6,13-15,20H,2,7-12H2,1H3/t13-,14+,15-,19-. The van der Waals surface area contributed by atoms with Gasteiger partial charge in [0, 0.05) is 5.54 Å². The van der Waals surface area contributed by atoms with Gasteiger partial charge in [0.2, 0.25) is 10.0 Å². The van der Waals surface area contributed by atoms with Crippen molar-refractivity contribution in [3.8, 4) is 0 Å². The van der Waals surface area contributed by atoms with Gasteiger partial charge in [-0.2, -0.15) is 0 Å². The van der Waals surface area contributed by atoms with Gasteiger partial charge in [0.15, 0.2) is 0 Å². The number of hydrogen-bond acceptors (Lipinski definition) is 4. The molecule has 1 N–H and O–H groups in total. The van der Waals surface area contributed by atoms with E-state index in [0.717, 1.165) is 19.3 Å². The van der Waals surface area contributed by atoms with Crippen molar-refractivity contribution in [3.63, 3.8) is 0 Å². The Kier molecular flexibility index (Phi) is 4.15. The van der Waals surface area contributed by atoms with E-state index in [1.54, 1.807) is 6.92 Å². The fraction of sp³-hybridized carbons (Fsp3) is 0.632. The summed E-state index contributed by atoms with van der Waals surface area (Å²) in [6.07, 6.45) is 6.73. The lowest BCUT2D eigenvalue weighted by Crippen LogP contribution is -2.59. The monoisotopic (exact) mass is 363 g/mol. The van der Waals surface area contributed by atoms with Gasteiger partial charge in [0.1, 0.15) is 0 Å². The van der Waals surface area contributed by atoms with Gasteiger partial charge in [0.05, 0.1) is 17.1 Å². The van der Waals surface area contributed by atoms with Gasteiger partial charge in [-0.1, -0.05) is 0 Å². The van der Waals surface area contributed by atoms with Crippen molar-refractivity contribution >= 4 is 16.0 Å². The normalized spacial score (nSPS) is 33.4. The number of nitrogens with one attached hydrogen (secondary N) is 1. The highest BCUT2D eigenvalue weighted by atomic mass is 32.2. The Bertz CT molecular complexity index is 734. The zero-order valence-electron chi connectivity index (χ0n) is 14.5. The molecule has 0 radical (unpaired) electrons. The molecule has 4 bridgehead atoms. The maximum absolute atomic E-state index is 12.9. The van der Waals surface area contributed by atoms with Crippen LogP contribution in [-0.2, 0) is 14.8 Å². The smallest absolute Gasteiger partial charge is 0.338 e. The van der Waals surface area contributed by atoms with Gasteiger partial charge in [0.25, 0.3) is 0 Å². The Hall–Kier alpha value is -1.40. The third kappa shape index (κ3) is 3.22. The van der Waals surface area contributed by atoms with Crippen molar-refractivity contribution in [2.45, 2.75) is 55.9 Å². The van der Waals surface area contributed by atoms with Crippen LogP contribution >= 0.6 is 0 Å². The van der Waals surface area contributed by atoms with Gasteiger partial charge in [-0.3, -0.25) is 0 Å². The third-order valence-corrected chi connectivity index (χ3v) is 7.66. The van der Waals surface area contributed by atoms with Crippen LogP contribution in [-0.4, -0.2) is 26.5 Å². The summed E-state index contributed by atoms with van der Waals surface area (Å²) in [6.45, 7) is 2.04. The summed E-state index contributed by atoms with van der Waals surface area (Å²) in [5.41, 5.74) is 0.114. The predicted octanol–water partition coefficient (Wildman–Crippen LogP) is 3.11. The molecule has 136 valence electrons. The minimum absolute atomic E-state index is 0.219. The first-order valence-electron chi connectivity index (χ1n) is 9.20. The van der Waals surface area contributed by atoms with E-state index in [0.29, 0.717) is 29.9 Å². The number of rotatable bonds is 5.